The van der Waals surface area contributed by atoms with Crippen LogP contribution in [0.3, 0.4) is 0 Å². The maximum atomic E-state index is 13.7. The van der Waals surface area contributed by atoms with Gasteiger partial charge in [0.2, 0.25) is 11.8 Å². The summed E-state index contributed by atoms with van der Waals surface area (Å²) in [5, 5.41) is 18.6. The van der Waals surface area contributed by atoms with E-state index in [0.29, 0.717) is 36.4 Å². The second-order valence-electron chi connectivity index (χ2n) is 11.3. The fourth-order valence-electron chi connectivity index (χ4n) is 4.99. The Morgan fingerprint density at radius 2 is 1.88 bits per heavy atom. The predicted octanol–water partition coefficient (Wildman–Crippen LogP) is 4.64. The molecular weight excluding hydrogens is 537 g/mol. The van der Waals surface area contributed by atoms with Gasteiger partial charge in [-0.05, 0) is 60.6 Å². The number of carbonyl (C=O) groups is 3. The number of hydrogen-bond donors (Lipinski definition) is 4. The summed E-state index contributed by atoms with van der Waals surface area (Å²) in [6.07, 6.45) is -0.408. The van der Waals surface area contributed by atoms with Crippen LogP contribution in [0.15, 0.2) is 48.5 Å². The van der Waals surface area contributed by atoms with E-state index in [1.54, 1.807) is 30.3 Å². The zero-order valence-electron chi connectivity index (χ0n) is 23.4. The molecule has 1 aliphatic rings. The number of nitrogens with one attached hydrogen (secondary N) is 3. The molecule has 4 N–H and O–H groups in total. The van der Waals surface area contributed by atoms with Crippen molar-refractivity contribution in [3.05, 3.63) is 70.5 Å². The molecule has 1 aliphatic heterocycles. The lowest BCUT2D eigenvalue weighted by Gasteiger charge is -2.35. The Labute approximate surface area is 240 Å². The van der Waals surface area contributed by atoms with Crippen LogP contribution in [0.2, 0.25) is 5.02 Å². The maximum Gasteiger partial charge on any atom is 0.408 e. The number of halogens is 2. The molecule has 218 valence electrons. The molecule has 0 bridgehead atoms. The largest absolute Gasteiger partial charge is 0.440 e. The predicted molar refractivity (Wildman–Crippen MR) is 151 cm³/mol. The van der Waals surface area contributed by atoms with E-state index in [4.69, 9.17) is 16.3 Å². The van der Waals surface area contributed by atoms with E-state index >= 15 is 0 Å². The summed E-state index contributed by atoms with van der Waals surface area (Å²) in [6.45, 7) is 7.85. The first-order chi connectivity index (χ1) is 18.9. The number of rotatable bonds is 12. The summed E-state index contributed by atoms with van der Waals surface area (Å²) in [4.78, 5) is 38.5. The zero-order valence-corrected chi connectivity index (χ0v) is 24.1. The molecule has 1 fully saturated rings. The van der Waals surface area contributed by atoms with Crippen LogP contribution in [0.1, 0.15) is 64.2 Å². The van der Waals surface area contributed by atoms with E-state index in [1.165, 1.54) is 12.1 Å². The average Bonchev–Trinajstić information content (AvgIpc) is 3.30. The van der Waals surface area contributed by atoms with Crippen LogP contribution in [-0.4, -0.2) is 48.2 Å². The first kappa shape index (κ1) is 31.4. The highest BCUT2D eigenvalue weighted by molar-refractivity contribution is 6.30. The summed E-state index contributed by atoms with van der Waals surface area (Å²) in [6, 6.07) is 11.3. The molecule has 2 aromatic carbocycles. The molecule has 0 aromatic heterocycles. The van der Waals surface area contributed by atoms with Gasteiger partial charge in [-0.1, -0.05) is 63.6 Å². The van der Waals surface area contributed by atoms with Gasteiger partial charge in [0.1, 0.15) is 18.0 Å². The molecule has 0 aliphatic carbocycles. The molecular formula is C30H39ClFN3O5. The van der Waals surface area contributed by atoms with Crippen molar-refractivity contribution < 1.29 is 28.6 Å². The second kappa shape index (κ2) is 13.9. The number of aliphatic hydroxyl groups excluding tert-OH is 1. The fourth-order valence-corrected chi connectivity index (χ4v) is 5.18. The Hall–Kier alpha value is -3.17. The molecule has 0 radical (unpaired) electrons. The van der Waals surface area contributed by atoms with Crippen molar-refractivity contribution in [2.75, 3.05) is 13.2 Å². The first-order valence-corrected chi connectivity index (χ1v) is 14.0. The monoisotopic (exact) mass is 575 g/mol. The molecule has 4 unspecified atom stereocenters. The third kappa shape index (κ3) is 8.41. The molecule has 10 heteroatoms. The van der Waals surface area contributed by atoms with Crippen LogP contribution in [0.4, 0.5) is 9.18 Å². The molecule has 0 saturated carbocycles. The van der Waals surface area contributed by atoms with E-state index in [9.17, 15) is 23.9 Å². The van der Waals surface area contributed by atoms with E-state index in [0.717, 1.165) is 5.56 Å². The number of amides is 3. The third-order valence-electron chi connectivity index (χ3n) is 7.24. The lowest BCUT2D eigenvalue weighted by atomic mass is 9.76. The van der Waals surface area contributed by atoms with Gasteiger partial charge >= 0.3 is 6.09 Å². The number of aliphatic hydroxyl groups is 1. The second-order valence-corrected chi connectivity index (χ2v) is 11.7. The molecule has 4 atom stereocenters. The lowest BCUT2D eigenvalue weighted by molar-refractivity contribution is -0.126. The highest BCUT2D eigenvalue weighted by Crippen LogP contribution is 2.40. The van der Waals surface area contributed by atoms with Gasteiger partial charge in [-0.3, -0.25) is 9.59 Å². The van der Waals surface area contributed by atoms with Gasteiger partial charge in [0.25, 0.3) is 0 Å². The minimum atomic E-state index is -0.942. The van der Waals surface area contributed by atoms with Crippen molar-refractivity contribution in [2.24, 2.45) is 11.8 Å². The number of carbonyl (C=O) groups excluding carboxylic acids is 3. The van der Waals surface area contributed by atoms with Gasteiger partial charge in [0.15, 0.2) is 0 Å². The SMILES string of the molecule is CC(C)CC(NC(=O)OC(c1ccc(F)cc1)C(C)(C)c1cccc(Cl)c1)C(=O)NC(CO)CC1CCNC1=O. The number of alkyl carbamates (subject to hydrolysis) is 1. The Morgan fingerprint density at radius 1 is 1.18 bits per heavy atom. The average molecular weight is 576 g/mol. The molecule has 2 aromatic rings. The van der Waals surface area contributed by atoms with E-state index < -0.39 is 41.4 Å². The van der Waals surface area contributed by atoms with E-state index in [-0.39, 0.29) is 24.3 Å². The highest BCUT2D eigenvalue weighted by atomic mass is 35.5. The summed E-state index contributed by atoms with van der Waals surface area (Å²) in [5.74, 6) is -1.23. The quantitative estimate of drug-likeness (QED) is 0.294. The Bertz CT molecular complexity index is 1170. The van der Waals surface area contributed by atoms with Crippen molar-refractivity contribution in [1.82, 2.24) is 16.0 Å². The lowest BCUT2D eigenvalue weighted by Crippen LogP contribution is -2.52. The summed E-state index contributed by atoms with van der Waals surface area (Å²) < 4.78 is 19.7. The molecule has 8 nitrogen and oxygen atoms in total. The van der Waals surface area contributed by atoms with E-state index in [2.05, 4.69) is 16.0 Å². The Kier molecular flexibility index (Phi) is 10.9. The van der Waals surface area contributed by atoms with Crippen LogP contribution in [0.5, 0.6) is 0 Å². The van der Waals surface area contributed by atoms with Crippen molar-refractivity contribution in [1.29, 1.82) is 0 Å². The smallest absolute Gasteiger partial charge is 0.408 e. The van der Waals surface area contributed by atoms with Crippen LogP contribution < -0.4 is 16.0 Å². The number of ether oxygens (including phenoxy) is 1. The van der Waals surface area contributed by atoms with Crippen LogP contribution in [-0.2, 0) is 19.7 Å². The van der Waals surface area contributed by atoms with Gasteiger partial charge in [0.05, 0.1) is 12.6 Å². The fraction of sp³-hybridized carbons (Fsp3) is 0.500. The van der Waals surface area contributed by atoms with Gasteiger partial charge in [-0.25, -0.2) is 9.18 Å². The van der Waals surface area contributed by atoms with Gasteiger partial charge in [-0.2, -0.15) is 0 Å². The zero-order chi connectivity index (χ0) is 29.4. The Balaban J connectivity index is 1.79. The molecule has 1 saturated heterocycles. The van der Waals surface area contributed by atoms with Gasteiger partial charge < -0.3 is 25.8 Å². The van der Waals surface area contributed by atoms with Crippen LogP contribution in [0, 0.1) is 17.7 Å². The van der Waals surface area contributed by atoms with Crippen LogP contribution in [0.25, 0.3) is 0 Å². The van der Waals surface area contributed by atoms with Gasteiger partial charge in [-0.15, -0.1) is 0 Å². The maximum absolute atomic E-state index is 13.7. The summed E-state index contributed by atoms with van der Waals surface area (Å²) >= 11 is 6.24. The van der Waals surface area contributed by atoms with Crippen molar-refractivity contribution in [3.8, 4) is 0 Å². The summed E-state index contributed by atoms with van der Waals surface area (Å²) in [7, 11) is 0. The molecule has 40 heavy (non-hydrogen) atoms. The van der Waals surface area contributed by atoms with Crippen molar-refractivity contribution in [2.45, 2.75) is 70.6 Å². The third-order valence-corrected chi connectivity index (χ3v) is 7.47. The highest BCUT2D eigenvalue weighted by Gasteiger charge is 2.37. The topological polar surface area (TPSA) is 117 Å². The molecule has 0 spiro atoms. The normalized spacial score (nSPS) is 17.6. The number of hydrogen-bond acceptors (Lipinski definition) is 5. The van der Waals surface area contributed by atoms with Crippen molar-refractivity contribution >= 4 is 29.5 Å². The van der Waals surface area contributed by atoms with Crippen molar-refractivity contribution in [3.63, 3.8) is 0 Å². The molecule has 3 amide bonds. The Morgan fingerprint density at radius 3 is 2.45 bits per heavy atom. The van der Waals surface area contributed by atoms with E-state index in [1.807, 2.05) is 33.8 Å². The minimum Gasteiger partial charge on any atom is -0.440 e. The first-order valence-electron chi connectivity index (χ1n) is 13.6. The number of benzene rings is 2. The van der Waals surface area contributed by atoms with Gasteiger partial charge in [0, 0.05) is 22.9 Å². The molecule has 3 rings (SSSR count). The molecule has 1 heterocycles. The standard InChI is InChI=1S/C30H39ClFN3O5/c1-18(2)14-25(28(38)34-24(17-36)15-20-12-13-33-27(20)37)35-29(39)40-26(19-8-10-23(32)11-9-19)30(3,4)21-6-5-7-22(31)16-21/h5-11,16,18,20,24-26,36H,12-15,17H2,1-4H3,(H,33,37)(H,34,38)(H,35,39). The van der Waals surface area contributed by atoms with Crippen LogP contribution >= 0.6 is 11.6 Å². The summed E-state index contributed by atoms with van der Waals surface area (Å²) in [5.41, 5.74) is 0.599. The minimum absolute atomic E-state index is 0.0556.